The summed E-state index contributed by atoms with van der Waals surface area (Å²) in [5.74, 6) is 0.344. The van der Waals surface area contributed by atoms with Gasteiger partial charge in [-0.15, -0.1) is 0 Å². The molecule has 3 aromatic carbocycles. The Balaban J connectivity index is 1.03. The summed E-state index contributed by atoms with van der Waals surface area (Å²) in [4.78, 5) is 4.46. The molecular weight excluding hydrogens is 653 g/mol. The number of rotatable bonds is 12. The van der Waals surface area contributed by atoms with Crippen LogP contribution in [0.2, 0.25) is 0 Å². The van der Waals surface area contributed by atoms with Crippen LogP contribution in [0.5, 0.6) is 5.75 Å². The van der Waals surface area contributed by atoms with Crippen LogP contribution in [0.4, 0.5) is 0 Å². The van der Waals surface area contributed by atoms with Crippen LogP contribution >= 0.6 is 0 Å². The fourth-order valence-electron chi connectivity index (χ4n) is 6.34. The van der Waals surface area contributed by atoms with E-state index in [1.54, 1.807) is 41.0 Å². The van der Waals surface area contributed by atoms with E-state index in [2.05, 4.69) is 15.0 Å². The number of nitrogens with zero attached hydrogens (tertiary/aromatic N) is 2. The molecule has 0 saturated carbocycles. The van der Waals surface area contributed by atoms with E-state index in [9.17, 15) is 21.9 Å². The number of nitrogens with one attached hydrogen (secondary N) is 2. The number of hydrogen-bond acceptors (Lipinski definition) is 9. The standard InChI is InChI=1S/C35H40N4O7S2/c1-36-47(41,42)32-9-5-8-31(21-32)45-25-30(40)23-38-29-22-35(46-24-29)14-18-39(19-15-35)48(43,44)34-11-3-2-10-33(34)28-7-4-6-27(20-28)26-12-16-37-17-13-26/h2-13,16-17,20-21,29-30,36,38,40H,14-15,18-19,22-25H2,1H3/t29?,30-/m0/s1. The van der Waals surface area contributed by atoms with Crippen molar-refractivity contribution in [1.82, 2.24) is 19.3 Å². The average molecular weight is 693 g/mol. The maximum absolute atomic E-state index is 14.0. The van der Waals surface area contributed by atoms with Crippen molar-refractivity contribution in [1.29, 1.82) is 0 Å². The van der Waals surface area contributed by atoms with Crippen LogP contribution in [0, 0.1) is 0 Å². The Labute approximate surface area is 282 Å². The van der Waals surface area contributed by atoms with Gasteiger partial charge in [-0.25, -0.2) is 21.6 Å². The van der Waals surface area contributed by atoms with Crippen molar-refractivity contribution in [2.24, 2.45) is 0 Å². The Hall–Kier alpha value is -3.69. The minimum Gasteiger partial charge on any atom is -0.491 e. The van der Waals surface area contributed by atoms with Gasteiger partial charge < -0.3 is 19.9 Å². The smallest absolute Gasteiger partial charge is 0.243 e. The van der Waals surface area contributed by atoms with Gasteiger partial charge in [0, 0.05) is 49.7 Å². The van der Waals surface area contributed by atoms with Crippen LogP contribution < -0.4 is 14.8 Å². The molecule has 2 aliphatic rings. The van der Waals surface area contributed by atoms with Crippen molar-refractivity contribution in [3.63, 3.8) is 0 Å². The van der Waals surface area contributed by atoms with Crippen LogP contribution in [-0.4, -0.2) is 88.9 Å². The molecule has 6 rings (SSSR count). The molecule has 2 saturated heterocycles. The van der Waals surface area contributed by atoms with Crippen LogP contribution in [0.3, 0.4) is 0 Å². The summed E-state index contributed by atoms with van der Waals surface area (Å²) in [6.07, 6.45) is 4.49. The van der Waals surface area contributed by atoms with Gasteiger partial charge in [-0.05, 0) is 79.4 Å². The van der Waals surface area contributed by atoms with Gasteiger partial charge >= 0.3 is 0 Å². The first kappa shape index (κ1) is 34.2. The van der Waals surface area contributed by atoms with Gasteiger partial charge in [0.25, 0.3) is 0 Å². The van der Waals surface area contributed by atoms with Gasteiger partial charge in [0.1, 0.15) is 18.5 Å². The van der Waals surface area contributed by atoms with E-state index >= 15 is 0 Å². The molecule has 254 valence electrons. The lowest BCUT2D eigenvalue weighted by Gasteiger charge is -2.38. The van der Waals surface area contributed by atoms with Gasteiger partial charge in [-0.1, -0.05) is 42.5 Å². The van der Waals surface area contributed by atoms with E-state index in [0.29, 0.717) is 50.3 Å². The average Bonchev–Trinajstić information content (AvgIpc) is 3.52. The number of aliphatic hydroxyl groups is 1. The molecule has 3 N–H and O–H groups in total. The lowest BCUT2D eigenvalue weighted by atomic mass is 9.88. The SMILES string of the molecule is CNS(=O)(=O)c1cccc(OC[C@@H](O)CNC2COC3(CCN(S(=O)(=O)c4ccccc4-c4cccc(-c5ccncc5)c4)CC3)C2)c1. The highest BCUT2D eigenvalue weighted by Crippen LogP contribution is 2.39. The Morgan fingerprint density at radius 1 is 0.938 bits per heavy atom. The van der Waals surface area contributed by atoms with E-state index < -0.39 is 31.8 Å². The second-order valence-corrected chi connectivity index (χ2v) is 16.0. The van der Waals surface area contributed by atoms with Gasteiger partial charge in [-0.2, -0.15) is 4.31 Å². The van der Waals surface area contributed by atoms with Crippen molar-refractivity contribution in [3.05, 3.63) is 97.3 Å². The first-order chi connectivity index (χ1) is 23.1. The highest BCUT2D eigenvalue weighted by molar-refractivity contribution is 7.89. The lowest BCUT2D eigenvalue weighted by molar-refractivity contribution is -0.0312. The molecule has 0 bridgehead atoms. The number of hydrogen-bond donors (Lipinski definition) is 3. The molecule has 1 aromatic heterocycles. The summed E-state index contributed by atoms with van der Waals surface area (Å²) in [6, 6.07) is 25.0. The van der Waals surface area contributed by atoms with Crippen molar-refractivity contribution < 1.29 is 31.4 Å². The predicted octanol–water partition coefficient (Wildman–Crippen LogP) is 3.67. The topological polar surface area (TPSA) is 147 Å². The molecule has 13 heteroatoms. The summed E-state index contributed by atoms with van der Waals surface area (Å²) in [6.45, 7) is 1.40. The zero-order valence-corrected chi connectivity index (χ0v) is 28.3. The van der Waals surface area contributed by atoms with Gasteiger partial charge in [0.2, 0.25) is 20.0 Å². The van der Waals surface area contributed by atoms with Gasteiger partial charge in [0.15, 0.2) is 0 Å². The fourth-order valence-corrected chi connectivity index (χ4v) is 8.76. The number of aliphatic hydroxyl groups excluding tert-OH is 1. The van der Waals surface area contributed by atoms with Crippen LogP contribution in [0.15, 0.2) is 107 Å². The Kier molecular flexibility index (Phi) is 10.3. The molecule has 11 nitrogen and oxygen atoms in total. The molecule has 0 amide bonds. The van der Waals surface area contributed by atoms with Gasteiger partial charge in [0.05, 0.1) is 22.0 Å². The van der Waals surface area contributed by atoms with Crippen LogP contribution in [0.25, 0.3) is 22.3 Å². The molecule has 2 fully saturated rings. The molecular formula is C35H40N4O7S2. The minimum absolute atomic E-state index is 0.000282. The molecule has 0 radical (unpaired) electrons. The summed E-state index contributed by atoms with van der Waals surface area (Å²) in [5, 5.41) is 13.9. The number of sulfonamides is 2. The monoisotopic (exact) mass is 692 g/mol. The summed E-state index contributed by atoms with van der Waals surface area (Å²) < 4.78 is 67.9. The molecule has 3 heterocycles. The second kappa shape index (κ2) is 14.4. The van der Waals surface area contributed by atoms with E-state index in [4.69, 9.17) is 9.47 Å². The van der Waals surface area contributed by atoms with Crippen molar-refractivity contribution in [2.45, 2.75) is 46.8 Å². The Bertz CT molecular complexity index is 1930. The van der Waals surface area contributed by atoms with Crippen molar-refractivity contribution in [2.75, 3.05) is 39.9 Å². The number of benzene rings is 3. The van der Waals surface area contributed by atoms with E-state index in [1.807, 2.05) is 48.5 Å². The largest absolute Gasteiger partial charge is 0.491 e. The normalized spacial score (nSPS) is 18.9. The number of pyridine rings is 1. The number of ether oxygens (including phenoxy) is 2. The van der Waals surface area contributed by atoms with Crippen molar-refractivity contribution in [3.8, 4) is 28.0 Å². The predicted molar refractivity (Wildman–Crippen MR) is 182 cm³/mol. The fraction of sp³-hybridized carbons (Fsp3) is 0.343. The third-order valence-electron chi connectivity index (χ3n) is 9.00. The second-order valence-electron chi connectivity index (χ2n) is 12.2. The van der Waals surface area contributed by atoms with Crippen molar-refractivity contribution >= 4 is 20.0 Å². The van der Waals surface area contributed by atoms with Gasteiger partial charge in [-0.3, -0.25) is 4.98 Å². The molecule has 0 aliphatic carbocycles. The first-order valence-electron chi connectivity index (χ1n) is 15.9. The third-order valence-corrected chi connectivity index (χ3v) is 12.4. The molecule has 1 spiro atoms. The van der Waals surface area contributed by atoms with E-state index in [1.165, 1.54) is 19.2 Å². The lowest BCUT2D eigenvalue weighted by Crippen LogP contribution is -2.47. The maximum Gasteiger partial charge on any atom is 0.243 e. The van der Waals surface area contributed by atoms with E-state index in [-0.39, 0.29) is 29.0 Å². The zero-order valence-electron chi connectivity index (χ0n) is 26.7. The zero-order chi connectivity index (χ0) is 33.8. The van der Waals surface area contributed by atoms with Crippen LogP contribution in [-0.2, 0) is 24.8 Å². The highest BCUT2D eigenvalue weighted by atomic mass is 32.2. The molecule has 4 aromatic rings. The van der Waals surface area contributed by atoms with E-state index in [0.717, 1.165) is 16.7 Å². The minimum atomic E-state index is -3.77. The Morgan fingerprint density at radius 2 is 1.67 bits per heavy atom. The molecule has 1 unspecified atom stereocenters. The first-order valence-corrected chi connectivity index (χ1v) is 18.8. The number of piperidine rings is 1. The Morgan fingerprint density at radius 3 is 2.44 bits per heavy atom. The quantitative estimate of drug-likeness (QED) is 0.202. The highest BCUT2D eigenvalue weighted by Gasteiger charge is 2.45. The molecule has 2 atom stereocenters. The summed E-state index contributed by atoms with van der Waals surface area (Å²) in [7, 11) is -6.03. The number of aromatic nitrogens is 1. The molecule has 2 aliphatic heterocycles. The maximum atomic E-state index is 14.0. The summed E-state index contributed by atoms with van der Waals surface area (Å²) >= 11 is 0. The van der Waals surface area contributed by atoms with Crippen LogP contribution in [0.1, 0.15) is 19.3 Å². The summed E-state index contributed by atoms with van der Waals surface area (Å²) in [5.41, 5.74) is 3.05. The molecule has 48 heavy (non-hydrogen) atoms. The third kappa shape index (κ3) is 7.62.